The monoisotopic (exact) mass is 556 g/mol. The number of hydrogen-bond acceptors (Lipinski definition) is 6. The summed E-state index contributed by atoms with van der Waals surface area (Å²) in [4.78, 5) is 30.3. The molecule has 8 heteroatoms. The van der Waals surface area contributed by atoms with Crippen LogP contribution >= 0.6 is 15.9 Å². The molecule has 1 unspecified atom stereocenters. The van der Waals surface area contributed by atoms with Crippen molar-refractivity contribution in [3.63, 3.8) is 0 Å². The number of hydrogen-bond donors (Lipinski definition) is 1. The van der Waals surface area contributed by atoms with Gasteiger partial charge in [-0.15, -0.1) is 0 Å². The van der Waals surface area contributed by atoms with E-state index in [1.807, 2.05) is 24.3 Å². The van der Waals surface area contributed by atoms with Gasteiger partial charge in [-0.25, -0.2) is 0 Å². The maximum atomic E-state index is 13.2. The fourth-order valence-electron chi connectivity index (χ4n) is 4.59. The number of nitrogens with zero attached hydrogens (tertiary/aromatic N) is 2. The Kier molecular flexibility index (Phi) is 9.18. The van der Waals surface area contributed by atoms with Crippen molar-refractivity contribution in [1.82, 2.24) is 9.80 Å². The third-order valence-corrected chi connectivity index (χ3v) is 7.13. The van der Waals surface area contributed by atoms with Crippen LogP contribution in [-0.4, -0.2) is 72.6 Å². The zero-order valence-corrected chi connectivity index (χ0v) is 22.2. The second-order valence-electron chi connectivity index (χ2n) is 9.08. The van der Waals surface area contributed by atoms with Crippen LogP contribution in [0.2, 0.25) is 0 Å². The van der Waals surface area contributed by atoms with Crippen molar-refractivity contribution in [3.8, 4) is 5.75 Å². The molecule has 0 bridgehead atoms. The van der Waals surface area contributed by atoms with Gasteiger partial charge in [-0.3, -0.25) is 14.5 Å². The Bertz CT molecular complexity index is 1080. The summed E-state index contributed by atoms with van der Waals surface area (Å²) in [6, 6.07) is 13.9. The topological polar surface area (TPSA) is 79.3 Å². The van der Waals surface area contributed by atoms with E-state index in [2.05, 4.69) is 27.8 Å². The van der Waals surface area contributed by atoms with Gasteiger partial charge in [-0.1, -0.05) is 41.4 Å². The summed E-state index contributed by atoms with van der Waals surface area (Å²) >= 11 is 3.45. The summed E-state index contributed by atoms with van der Waals surface area (Å²) in [5.41, 5.74) is 1.38. The zero-order chi connectivity index (χ0) is 25.5. The summed E-state index contributed by atoms with van der Waals surface area (Å²) < 4.78 is 12.0. The first-order valence-electron chi connectivity index (χ1n) is 12.6. The molecule has 4 rings (SSSR count). The van der Waals surface area contributed by atoms with E-state index in [0.717, 1.165) is 48.9 Å². The second-order valence-corrected chi connectivity index (χ2v) is 9.99. The molecule has 2 heterocycles. The van der Waals surface area contributed by atoms with Gasteiger partial charge in [-0.2, -0.15) is 0 Å². The third-order valence-electron chi connectivity index (χ3n) is 6.60. The van der Waals surface area contributed by atoms with Crippen LogP contribution in [0.1, 0.15) is 43.4 Å². The number of ketones is 1. The minimum Gasteiger partial charge on any atom is -0.507 e. The van der Waals surface area contributed by atoms with Crippen molar-refractivity contribution in [2.45, 2.75) is 32.2 Å². The lowest BCUT2D eigenvalue weighted by molar-refractivity contribution is -0.140. The molecule has 2 aliphatic heterocycles. The lowest BCUT2D eigenvalue weighted by atomic mass is 9.95. The maximum absolute atomic E-state index is 13.2. The van der Waals surface area contributed by atoms with E-state index >= 15 is 0 Å². The summed E-state index contributed by atoms with van der Waals surface area (Å²) in [6.45, 7) is 7.13. The molecule has 2 fully saturated rings. The van der Waals surface area contributed by atoms with E-state index in [1.54, 1.807) is 29.2 Å². The second kappa shape index (κ2) is 12.5. The number of rotatable bonds is 10. The van der Waals surface area contributed by atoms with Crippen LogP contribution in [0.4, 0.5) is 0 Å². The third kappa shape index (κ3) is 6.17. The van der Waals surface area contributed by atoms with Gasteiger partial charge in [0.05, 0.1) is 31.4 Å². The molecule has 2 aliphatic rings. The van der Waals surface area contributed by atoms with E-state index in [1.165, 1.54) is 0 Å². The number of morpholine rings is 1. The highest BCUT2D eigenvalue weighted by Crippen LogP contribution is 2.40. The molecule has 2 aromatic carbocycles. The number of likely N-dealkylation sites (tertiary alicyclic amines) is 1. The molecule has 2 aromatic rings. The van der Waals surface area contributed by atoms with Gasteiger partial charge in [0.15, 0.2) is 0 Å². The summed E-state index contributed by atoms with van der Waals surface area (Å²) in [5, 5.41) is 11.3. The average Bonchev–Trinajstić information content (AvgIpc) is 3.15. The van der Waals surface area contributed by atoms with Crippen LogP contribution < -0.4 is 4.74 Å². The fourth-order valence-corrected chi connectivity index (χ4v) is 4.85. The normalized spacial score (nSPS) is 20.2. The molecule has 192 valence electrons. The lowest BCUT2D eigenvalue weighted by Crippen LogP contribution is -2.38. The number of ether oxygens (including phenoxy) is 2. The van der Waals surface area contributed by atoms with Gasteiger partial charge in [0.1, 0.15) is 11.5 Å². The van der Waals surface area contributed by atoms with Crippen LogP contribution in [0.3, 0.4) is 0 Å². The molecule has 1 N–H and O–H groups in total. The SMILES string of the molecule is CCCCOc1ccc(/C(O)=C2\C(=O)C(=O)N(CCCN3CCOCC3)C2c2ccc(Br)cc2)cc1. The highest BCUT2D eigenvalue weighted by atomic mass is 79.9. The quantitative estimate of drug-likeness (QED) is 0.196. The number of halogens is 1. The highest BCUT2D eigenvalue weighted by molar-refractivity contribution is 9.10. The van der Waals surface area contributed by atoms with Gasteiger partial charge in [-0.05, 0) is 54.8 Å². The van der Waals surface area contributed by atoms with E-state index in [4.69, 9.17) is 9.47 Å². The fraction of sp³-hybridized carbons (Fsp3) is 0.429. The molecule has 0 saturated carbocycles. The van der Waals surface area contributed by atoms with Crippen molar-refractivity contribution in [2.24, 2.45) is 0 Å². The standard InChI is InChI=1S/C28H33BrN2O5/c1-2-3-17-36-23-11-7-21(8-12-23)26(32)24-25(20-5-9-22(29)10-6-20)31(28(34)27(24)33)14-4-13-30-15-18-35-19-16-30/h5-12,25,32H,2-4,13-19H2,1H3/b26-24+. The van der Waals surface area contributed by atoms with E-state index < -0.39 is 17.7 Å². The van der Waals surface area contributed by atoms with Crippen LogP contribution in [0.15, 0.2) is 58.6 Å². The van der Waals surface area contributed by atoms with E-state index in [9.17, 15) is 14.7 Å². The molecular formula is C28H33BrN2O5. The van der Waals surface area contributed by atoms with E-state index in [0.29, 0.717) is 37.7 Å². The number of amides is 1. The van der Waals surface area contributed by atoms with Crippen molar-refractivity contribution < 1.29 is 24.2 Å². The number of carbonyl (C=O) groups is 2. The Labute approximate surface area is 220 Å². The molecule has 2 saturated heterocycles. The molecule has 36 heavy (non-hydrogen) atoms. The smallest absolute Gasteiger partial charge is 0.295 e. The minimum absolute atomic E-state index is 0.119. The van der Waals surface area contributed by atoms with Crippen molar-refractivity contribution >= 4 is 33.4 Å². The van der Waals surface area contributed by atoms with Gasteiger partial charge in [0.25, 0.3) is 11.7 Å². The minimum atomic E-state index is -0.657. The molecule has 0 spiro atoms. The van der Waals surface area contributed by atoms with Gasteiger partial charge in [0.2, 0.25) is 0 Å². The average molecular weight is 557 g/mol. The van der Waals surface area contributed by atoms with Crippen LogP contribution in [0.25, 0.3) is 5.76 Å². The first-order valence-corrected chi connectivity index (χ1v) is 13.4. The zero-order valence-electron chi connectivity index (χ0n) is 20.6. The van der Waals surface area contributed by atoms with Gasteiger partial charge >= 0.3 is 0 Å². The number of aliphatic hydroxyl groups excluding tert-OH is 1. The Hall–Kier alpha value is -2.68. The van der Waals surface area contributed by atoms with E-state index in [-0.39, 0.29) is 11.3 Å². The van der Waals surface area contributed by atoms with Crippen LogP contribution in [0, 0.1) is 0 Å². The van der Waals surface area contributed by atoms with Crippen LogP contribution in [0.5, 0.6) is 5.75 Å². The molecule has 1 amide bonds. The summed E-state index contributed by atoms with van der Waals surface area (Å²) in [7, 11) is 0. The number of aliphatic hydroxyl groups is 1. The molecule has 0 radical (unpaired) electrons. The Morgan fingerprint density at radius 1 is 1.03 bits per heavy atom. The molecule has 0 aliphatic carbocycles. The van der Waals surface area contributed by atoms with Crippen molar-refractivity contribution in [2.75, 3.05) is 46.0 Å². The molecule has 0 aromatic heterocycles. The number of Topliss-reactive ketones (excluding diaryl/α,β-unsaturated/α-hetero) is 1. The predicted molar refractivity (Wildman–Crippen MR) is 142 cm³/mol. The van der Waals surface area contributed by atoms with Gasteiger partial charge < -0.3 is 19.5 Å². The number of unbranched alkanes of at least 4 members (excludes halogenated alkanes) is 1. The Balaban J connectivity index is 1.60. The first kappa shape index (κ1) is 26.4. The van der Waals surface area contributed by atoms with Crippen molar-refractivity contribution in [3.05, 3.63) is 69.7 Å². The predicted octanol–water partition coefficient (Wildman–Crippen LogP) is 4.77. The number of carbonyl (C=O) groups excluding carboxylic acids is 2. The Morgan fingerprint density at radius 3 is 2.39 bits per heavy atom. The highest BCUT2D eigenvalue weighted by Gasteiger charge is 2.45. The maximum Gasteiger partial charge on any atom is 0.295 e. The molecular weight excluding hydrogens is 524 g/mol. The van der Waals surface area contributed by atoms with Gasteiger partial charge in [0, 0.05) is 36.2 Å². The Morgan fingerprint density at radius 2 is 1.72 bits per heavy atom. The summed E-state index contributed by atoms with van der Waals surface area (Å²) in [6.07, 6.45) is 2.73. The number of benzene rings is 2. The van der Waals surface area contributed by atoms with Crippen molar-refractivity contribution in [1.29, 1.82) is 0 Å². The summed E-state index contributed by atoms with van der Waals surface area (Å²) in [5.74, 6) is -0.703. The molecule has 1 atom stereocenters. The first-order chi connectivity index (χ1) is 17.5. The largest absolute Gasteiger partial charge is 0.507 e. The molecule has 7 nitrogen and oxygen atoms in total. The van der Waals surface area contributed by atoms with Crippen LogP contribution in [-0.2, 0) is 14.3 Å². The lowest BCUT2D eigenvalue weighted by Gasteiger charge is -2.29.